The van der Waals surface area contributed by atoms with E-state index >= 15 is 0 Å². The van der Waals surface area contributed by atoms with Crippen molar-refractivity contribution in [3.05, 3.63) is 28.3 Å². The van der Waals surface area contributed by atoms with Crippen LogP contribution in [0.15, 0.2) is 23.1 Å². The van der Waals surface area contributed by atoms with E-state index in [1.54, 1.807) is 0 Å². The molecule has 0 bridgehead atoms. The van der Waals surface area contributed by atoms with Gasteiger partial charge in [-0.15, -0.1) is 0 Å². The zero-order chi connectivity index (χ0) is 26.0. The first kappa shape index (κ1) is 27.2. The molecule has 2 aliphatic rings. The number of nitrogens with one attached hydrogen (secondary N) is 1. The quantitative estimate of drug-likeness (QED) is 0.437. The van der Waals surface area contributed by atoms with Crippen LogP contribution in [0, 0.1) is 16.0 Å². The number of rotatable bonds is 6. The second-order valence-corrected chi connectivity index (χ2v) is 12.1. The van der Waals surface area contributed by atoms with Gasteiger partial charge in [-0.2, -0.15) is 0 Å². The minimum absolute atomic E-state index is 0.0823. The van der Waals surface area contributed by atoms with Crippen LogP contribution in [0.1, 0.15) is 53.4 Å². The molecule has 1 aliphatic carbocycles. The van der Waals surface area contributed by atoms with E-state index < -0.39 is 20.5 Å². The molecule has 1 saturated heterocycles. The molecular weight excluding hydrogens is 474 g/mol. The SMILES string of the molecule is C[C@H]1CN(C2CCC(CNc3ccc(S(N)(=O)=O)cc3[N+](=O)[O-])CC2)CCN1C(=O)OC(C)(C)C. The average molecular weight is 512 g/mol. The molecule has 1 amide bonds. The van der Waals surface area contributed by atoms with Crippen LogP contribution in [-0.2, 0) is 14.8 Å². The Labute approximate surface area is 207 Å². The van der Waals surface area contributed by atoms with Crippen LogP contribution in [0.25, 0.3) is 0 Å². The lowest BCUT2D eigenvalue weighted by atomic mass is 9.84. The van der Waals surface area contributed by atoms with Crippen molar-refractivity contribution in [2.75, 3.05) is 31.5 Å². The number of anilines is 1. The number of benzene rings is 1. The molecule has 196 valence electrons. The van der Waals surface area contributed by atoms with E-state index in [4.69, 9.17) is 9.88 Å². The summed E-state index contributed by atoms with van der Waals surface area (Å²) in [6, 6.07) is 4.21. The number of nitro groups is 1. The number of nitrogens with zero attached hydrogens (tertiary/aromatic N) is 3. The predicted octanol–water partition coefficient (Wildman–Crippen LogP) is 3.15. The Balaban J connectivity index is 1.50. The fraction of sp³-hybridized carbons (Fsp3) is 0.696. The van der Waals surface area contributed by atoms with Crippen LogP contribution in [0.4, 0.5) is 16.2 Å². The van der Waals surface area contributed by atoms with E-state index in [0.29, 0.717) is 25.0 Å². The monoisotopic (exact) mass is 511 g/mol. The fourth-order valence-electron chi connectivity index (χ4n) is 4.87. The largest absolute Gasteiger partial charge is 0.444 e. The van der Waals surface area contributed by atoms with Gasteiger partial charge in [-0.1, -0.05) is 0 Å². The van der Waals surface area contributed by atoms with Crippen molar-refractivity contribution < 1.29 is 22.9 Å². The number of carbonyl (C=O) groups is 1. The number of ether oxygens (including phenoxy) is 1. The molecule has 35 heavy (non-hydrogen) atoms. The maximum Gasteiger partial charge on any atom is 0.410 e. The topological polar surface area (TPSA) is 148 Å². The van der Waals surface area contributed by atoms with Crippen LogP contribution >= 0.6 is 0 Å². The molecule has 1 heterocycles. The van der Waals surface area contributed by atoms with Crippen molar-refractivity contribution >= 4 is 27.5 Å². The highest BCUT2D eigenvalue weighted by molar-refractivity contribution is 7.89. The fourth-order valence-corrected chi connectivity index (χ4v) is 5.40. The maximum absolute atomic E-state index is 12.5. The van der Waals surface area contributed by atoms with Gasteiger partial charge in [-0.3, -0.25) is 15.0 Å². The lowest BCUT2D eigenvalue weighted by Crippen LogP contribution is -2.57. The van der Waals surface area contributed by atoms with E-state index in [9.17, 15) is 23.3 Å². The van der Waals surface area contributed by atoms with Crippen molar-refractivity contribution in [3.8, 4) is 0 Å². The zero-order valence-electron chi connectivity index (χ0n) is 20.9. The molecule has 3 N–H and O–H groups in total. The Kier molecular flexibility index (Phi) is 8.28. The van der Waals surface area contributed by atoms with Crippen LogP contribution in [-0.4, -0.2) is 73.1 Å². The van der Waals surface area contributed by atoms with Gasteiger partial charge in [0, 0.05) is 44.3 Å². The smallest absolute Gasteiger partial charge is 0.410 e. The van der Waals surface area contributed by atoms with E-state index in [1.165, 1.54) is 12.1 Å². The van der Waals surface area contributed by atoms with E-state index in [-0.39, 0.29) is 28.4 Å². The summed E-state index contributed by atoms with van der Waals surface area (Å²) in [7, 11) is -4.01. The van der Waals surface area contributed by atoms with E-state index in [0.717, 1.165) is 44.8 Å². The summed E-state index contributed by atoms with van der Waals surface area (Å²) in [5, 5.41) is 19.7. The lowest BCUT2D eigenvalue weighted by molar-refractivity contribution is -0.384. The molecule has 0 aromatic heterocycles. The number of hydrogen-bond acceptors (Lipinski definition) is 8. The predicted molar refractivity (Wildman–Crippen MR) is 133 cm³/mol. The normalized spacial score (nSPS) is 24.1. The van der Waals surface area contributed by atoms with Gasteiger partial charge in [0.05, 0.1) is 9.82 Å². The Morgan fingerprint density at radius 2 is 1.89 bits per heavy atom. The number of hydrogen-bond donors (Lipinski definition) is 2. The Bertz CT molecular complexity index is 1030. The van der Waals surface area contributed by atoms with Gasteiger partial charge in [0.2, 0.25) is 10.0 Å². The minimum atomic E-state index is -4.01. The first-order chi connectivity index (χ1) is 16.2. The van der Waals surface area contributed by atoms with Crippen molar-refractivity contribution in [2.45, 2.75) is 76.0 Å². The summed E-state index contributed by atoms with van der Waals surface area (Å²) in [6.45, 7) is 10.5. The minimum Gasteiger partial charge on any atom is -0.444 e. The van der Waals surface area contributed by atoms with Gasteiger partial charge >= 0.3 is 6.09 Å². The highest BCUT2D eigenvalue weighted by Crippen LogP contribution is 2.32. The third-order valence-electron chi connectivity index (χ3n) is 6.70. The second-order valence-electron chi connectivity index (χ2n) is 10.6. The number of nitrogens with two attached hydrogens (primary N) is 1. The van der Waals surface area contributed by atoms with Gasteiger partial charge in [0.15, 0.2) is 0 Å². The molecule has 1 aromatic rings. The van der Waals surface area contributed by atoms with E-state index in [2.05, 4.69) is 17.1 Å². The van der Waals surface area contributed by atoms with Gasteiger partial charge in [0.25, 0.3) is 5.69 Å². The number of amides is 1. The molecule has 1 atom stereocenters. The molecule has 2 fully saturated rings. The Morgan fingerprint density at radius 3 is 2.43 bits per heavy atom. The third-order valence-corrected chi connectivity index (χ3v) is 7.61. The summed E-state index contributed by atoms with van der Waals surface area (Å²) in [5.74, 6) is 0.365. The molecule has 3 rings (SSSR count). The molecule has 12 heteroatoms. The molecule has 1 saturated carbocycles. The van der Waals surface area contributed by atoms with Gasteiger partial charge < -0.3 is 15.0 Å². The number of nitro benzene ring substituents is 1. The van der Waals surface area contributed by atoms with Gasteiger partial charge in [0.1, 0.15) is 11.3 Å². The lowest BCUT2D eigenvalue weighted by Gasteiger charge is -2.45. The van der Waals surface area contributed by atoms with Crippen LogP contribution in [0.5, 0.6) is 0 Å². The second kappa shape index (κ2) is 10.7. The molecular formula is C23H37N5O6S. The van der Waals surface area contributed by atoms with Crippen LogP contribution in [0.3, 0.4) is 0 Å². The number of piperazine rings is 1. The van der Waals surface area contributed by atoms with Crippen LogP contribution < -0.4 is 10.5 Å². The van der Waals surface area contributed by atoms with Crippen LogP contribution in [0.2, 0.25) is 0 Å². The molecule has 0 unspecified atom stereocenters. The molecule has 1 aliphatic heterocycles. The van der Waals surface area contributed by atoms with Crippen molar-refractivity contribution in [1.29, 1.82) is 0 Å². The summed E-state index contributed by atoms with van der Waals surface area (Å²) < 4.78 is 28.6. The maximum atomic E-state index is 12.5. The van der Waals surface area contributed by atoms with E-state index in [1.807, 2.05) is 25.7 Å². The molecule has 0 radical (unpaired) electrons. The summed E-state index contributed by atoms with van der Waals surface area (Å²) in [6.07, 6.45) is 3.77. The standard InChI is InChI=1S/C23H37N5O6S/c1-16-15-26(11-12-27(16)22(29)34-23(2,3)4)18-7-5-17(6-8-18)14-25-20-10-9-19(35(24,32)33)13-21(20)28(30)31/h9-10,13,16-18,25H,5-8,11-12,14-15H2,1-4H3,(H2,24,32,33)/t16-,17?,18?/m0/s1. The highest BCUT2D eigenvalue weighted by Gasteiger charge is 2.34. The zero-order valence-corrected chi connectivity index (χ0v) is 21.7. The number of sulfonamides is 1. The molecule has 11 nitrogen and oxygen atoms in total. The third kappa shape index (κ3) is 7.28. The van der Waals surface area contributed by atoms with Crippen molar-refractivity contribution in [3.63, 3.8) is 0 Å². The van der Waals surface area contributed by atoms with Gasteiger partial charge in [-0.05, 0) is 71.4 Å². The Morgan fingerprint density at radius 1 is 1.23 bits per heavy atom. The highest BCUT2D eigenvalue weighted by atomic mass is 32.2. The number of carbonyl (C=O) groups excluding carboxylic acids is 1. The summed E-state index contributed by atoms with van der Waals surface area (Å²) in [4.78, 5) is 27.3. The average Bonchev–Trinajstić information content (AvgIpc) is 2.76. The molecule has 1 aromatic carbocycles. The summed E-state index contributed by atoms with van der Waals surface area (Å²) >= 11 is 0. The van der Waals surface area contributed by atoms with Crippen molar-refractivity contribution in [2.24, 2.45) is 11.1 Å². The number of primary sulfonamides is 1. The molecule has 0 spiro atoms. The summed E-state index contributed by atoms with van der Waals surface area (Å²) in [5.41, 5.74) is -0.524. The van der Waals surface area contributed by atoms with Gasteiger partial charge in [-0.25, -0.2) is 18.4 Å². The van der Waals surface area contributed by atoms with Crippen molar-refractivity contribution in [1.82, 2.24) is 9.80 Å². The first-order valence-electron chi connectivity index (χ1n) is 12.0. The Hall–Kier alpha value is -2.44. The first-order valence-corrected chi connectivity index (χ1v) is 13.6.